The highest BCUT2D eigenvalue weighted by atomic mass is 32.2. The zero-order valence-corrected chi connectivity index (χ0v) is 16.5. The van der Waals surface area contributed by atoms with Crippen LogP contribution in [-0.2, 0) is 21.2 Å². The number of alkyl halides is 3. The Balaban J connectivity index is 1.81. The molecule has 1 aromatic carbocycles. The molecular formula is C18H20F3NO4S2. The van der Waals surface area contributed by atoms with Crippen LogP contribution in [-0.4, -0.2) is 44.9 Å². The van der Waals surface area contributed by atoms with Gasteiger partial charge in [-0.05, 0) is 55.0 Å². The summed E-state index contributed by atoms with van der Waals surface area (Å²) in [7, 11) is -3.87. The van der Waals surface area contributed by atoms with Crippen LogP contribution < -0.4 is 4.74 Å². The van der Waals surface area contributed by atoms with Gasteiger partial charge >= 0.3 is 6.36 Å². The van der Waals surface area contributed by atoms with E-state index in [4.69, 9.17) is 4.74 Å². The molecule has 2 heterocycles. The Labute approximate surface area is 165 Å². The molecule has 0 saturated carbocycles. The van der Waals surface area contributed by atoms with E-state index >= 15 is 0 Å². The number of rotatable bonds is 7. The van der Waals surface area contributed by atoms with Crippen LogP contribution in [0.25, 0.3) is 0 Å². The van der Waals surface area contributed by atoms with E-state index in [1.165, 1.54) is 4.31 Å². The van der Waals surface area contributed by atoms with Crippen molar-refractivity contribution in [2.45, 2.75) is 36.6 Å². The molecule has 1 fully saturated rings. The minimum absolute atomic E-state index is 0.0558. The first-order valence-electron chi connectivity index (χ1n) is 8.73. The van der Waals surface area contributed by atoms with Gasteiger partial charge in [-0.15, -0.1) is 24.5 Å². The van der Waals surface area contributed by atoms with Crippen LogP contribution in [0.4, 0.5) is 13.2 Å². The average molecular weight is 435 g/mol. The Hall–Kier alpha value is -1.62. The Kier molecular flexibility index (Phi) is 6.64. The van der Waals surface area contributed by atoms with Crippen LogP contribution in [0.3, 0.4) is 0 Å². The van der Waals surface area contributed by atoms with E-state index in [0.29, 0.717) is 39.0 Å². The molecule has 154 valence electrons. The fraction of sp³-hybridized carbons (Fsp3) is 0.444. The largest absolute Gasteiger partial charge is 0.573 e. The van der Waals surface area contributed by atoms with Crippen LogP contribution in [0.1, 0.15) is 17.7 Å². The molecule has 0 spiro atoms. The molecule has 0 amide bonds. The maximum Gasteiger partial charge on any atom is 0.573 e. The molecule has 0 atom stereocenters. The topological polar surface area (TPSA) is 55.8 Å². The Morgan fingerprint density at radius 2 is 1.82 bits per heavy atom. The van der Waals surface area contributed by atoms with Crippen molar-refractivity contribution in [3.05, 3.63) is 46.7 Å². The number of sulfonamides is 1. The molecule has 0 N–H and O–H groups in total. The molecule has 0 aliphatic carbocycles. The molecule has 0 radical (unpaired) electrons. The molecule has 2 aromatic rings. The monoisotopic (exact) mass is 435 g/mol. The molecule has 0 unspecified atom stereocenters. The second-order valence-electron chi connectivity index (χ2n) is 6.31. The van der Waals surface area contributed by atoms with E-state index in [2.05, 4.69) is 4.74 Å². The van der Waals surface area contributed by atoms with E-state index in [1.807, 2.05) is 17.5 Å². The average Bonchev–Trinajstić information content (AvgIpc) is 3.15. The van der Waals surface area contributed by atoms with Gasteiger partial charge in [-0.1, -0.05) is 6.07 Å². The summed E-state index contributed by atoms with van der Waals surface area (Å²) < 4.78 is 74.0. The molecule has 1 aliphatic heterocycles. The minimum atomic E-state index is -4.82. The molecule has 0 bridgehead atoms. The first-order chi connectivity index (χ1) is 13.3. The lowest BCUT2D eigenvalue weighted by Gasteiger charge is -2.33. The second-order valence-corrected chi connectivity index (χ2v) is 9.23. The van der Waals surface area contributed by atoms with Crippen LogP contribution in [0, 0.1) is 0 Å². The van der Waals surface area contributed by atoms with Gasteiger partial charge in [0, 0.05) is 30.7 Å². The van der Waals surface area contributed by atoms with Crippen molar-refractivity contribution in [3.8, 4) is 5.75 Å². The van der Waals surface area contributed by atoms with Crippen LogP contribution >= 0.6 is 11.3 Å². The standard InChI is InChI=1S/C18H20F3NO4S2/c19-18(20,21)26-15-3-5-17(6-4-15)28(23,24)22(14-8-11-25-12-9-14)10-7-16-2-1-13-27-16/h1-6,13-14H,7-12H2. The number of halogens is 3. The molecule has 28 heavy (non-hydrogen) atoms. The third kappa shape index (κ3) is 5.47. The SMILES string of the molecule is O=S(=O)(c1ccc(OC(F)(F)F)cc1)N(CCc1cccs1)C1CCOCC1. The normalized spacial score (nSPS) is 16.4. The number of benzene rings is 1. The van der Waals surface area contributed by atoms with Crippen molar-refractivity contribution < 1.29 is 31.1 Å². The van der Waals surface area contributed by atoms with E-state index in [1.54, 1.807) is 11.3 Å². The molecule has 1 saturated heterocycles. The highest BCUT2D eigenvalue weighted by molar-refractivity contribution is 7.89. The number of hydrogen-bond donors (Lipinski definition) is 0. The first-order valence-corrected chi connectivity index (χ1v) is 11.1. The lowest BCUT2D eigenvalue weighted by atomic mass is 10.1. The maximum atomic E-state index is 13.2. The third-order valence-electron chi connectivity index (χ3n) is 4.42. The van der Waals surface area contributed by atoms with Crippen molar-refractivity contribution in [1.82, 2.24) is 4.31 Å². The second kappa shape index (κ2) is 8.81. The van der Waals surface area contributed by atoms with Gasteiger partial charge in [0.05, 0.1) is 4.90 Å². The van der Waals surface area contributed by atoms with Crippen LogP contribution in [0.5, 0.6) is 5.75 Å². The fourth-order valence-corrected chi connectivity index (χ4v) is 5.48. The van der Waals surface area contributed by atoms with Gasteiger partial charge in [-0.25, -0.2) is 8.42 Å². The third-order valence-corrected chi connectivity index (χ3v) is 7.32. The Morgan fingerprint density at radius 1 is 1.14 bits per heavy atom. The van der Waals surface area contributed by atoms with Gasteiger partial charge < -0.3 is 9.47 Å². The molecule has 1 aliphatic rings. The minimum Gasteiger partial charge on any atom is -0.406 e. The van der Waals surface area contributed by atoms with Gasteiger partial charge in [-0.3, -0.25) is 0 Å². The van der Waals surface area contributed by atoms with Gasteiger partial charge in [0.15, 0.2) is 0 Å². The summed E-state index contributed by atoms with van der Waals surface area (Å²) in [6, 6.07) is 7.98. The summed E-state index contributed by atoms with van der Waals surface area (Å²) in [5.74, 6) is -0.456. The highest BCUT2D eigenvalue weighted by Crippen LogP contribution is 2.28. The van der Waals surface area contributed by atoms with E-state index < -0.39 is 22.1 Å². The van der Waals surface area contributed by atoms with Crippen molar-refractivity contribution in [3.63, 3.8) is 0 Å². The Morgan fingerprint density at radius 3 is 2.39 bits per heavy atom. The van der Waals surface area contributed by atoms with E-state index in [-0.39, 0.29) is 10.9 Å². The van der Waals surface area contributed by atoms with E-state index in [9.17, 15) is 21.6 Å². The summed E-state index contributed by atoms with van der Waals surface area (Å²) in [4.78, 5) is 1.01. The Bertz CT molecular complexity index is 846. The summed E-state index contributed by atoms with van der Waals surface area (Å²) in [6.45, 7) is 1.26. The van der Waals surface area contributed by atoms with Crippen molar-refractivity contribution in [2.75, 3.05) is 19.8 Å². The zero-order chi connectivity index (χ0) is 20.2. The van der Waals surface area contributed by atoms with Gasteiger partial charge in [0.25, 0.3) is 0 Å². The van der Waals surface area contributed by atoms with Gasteiger partial charge in [0.1, 0.15) is 5.75 Å². The lowest BCUT2D eigenvalue weighted by Crippen LogP contribution is -2.44. The smallest absolute Gasteiger partial charge is 0.406 e. The lowest BCUT2D eigenvalue weighted by molar-refractivity contribution is -0.274. The van der Waals surface area contributed by atoms with Gasteiger partial charge in [0.2, 0.25) is 10.0 Å². The molecule has 3 rings (SSSR count). The number of nitrogens with zero attached hydrogens (tertiary/aromatic N) is 1. The number of hydrogen-bond acceptors (Lipinski definition) is 5. The van der Waals surface area contributed by atoms with Gasteiger partial charge in [-0.2, -0.15) is 4.31 Å². The molecule has 1 aromatic heterocycles. The number of thiophene rings is 1. The molecule has 5 nitrogen and oxygen atoms in total. The van der Waals surface area contributed by atoms with Crippen molar-refractivity contribution >= 4 is 21.4 Å². The highest BCUT2D eigenvalue weighted by Gasteiger charge is 2.34. The van der Waals surface area contributed by atoms with E-state index in [0.717, 1.165) is 29.1 Å². The quantitative estimate of drug-likeness (QED) is 0.658. The number of ether oxygens (including phenoxy) is 2. The van der Waals surface area contributed by atoms with Crippen LogP contribution in [0.15, 0.2) is 46.7 Å². The summed E-state index contributed by atoms with van der Waals surface area (Å²) in [5.41, 5.74) is 0. The van der Waals surface area contributed by atoms with Crippen molar-refractivity contribution in [1.29, 1.82) is 0 Å². The predicted octanol–water partition coefficient (Wildman–Crippen LogP) is 4.06. The predicted molar refractivity (Wildman–Crippen MR) is 98.9 cm³/mol. The molecule has 10 heteroatoms. The van der Waals surface area contributed by atoms with Crippen LogP contribution in [0.2, 0.25) is 0 Å². The zero-order valence-electron chi connectivity index (χ0n) is 14.9. The fourth-order valence-electron chi connectivity index (χ4n) is 3.10. The molecular weight excluding hydrogens is 415 g/mol. The van der Waals surface area contributed by atoms with Crippen molar-refractivity contribution in [2.24, 2.45) is 0 Å². The maximum absolute atomic E-state index is 13.2. The first kappa shape index (κ1) is 21.1. The summed E-state index contributed by atoms with van der Waals surface area (Å²) in [5, 5.41) is 1.93. The summed E-state index contributed by atoms with van der Waals surface area (Å²) in [6.07, 6.45) is -3.09. The summed E-state index contributed by atoms with van der Waals surface area (Å²) >= 11 is 1.56.